The lowest BCUT2D eigenvalue weighted by Crippen LogP contribution is -2.54. The predicted molar refractivity (Wildman–Crippen MR) is 114 cm³/mol. The number of aromatic nitrogens is 2. The third-order valence-corrected chi connectivity index (χ3v) is 7.87. The van der Waals surface area contributed by atoms with Crippen LogP contribution in [0.3, 0.4) is 0 Å². The minimum Gasteiger partial charge on any atom is -0.350 e. The first-order valence-corrected chi connectivity index (χ1v) is 11.2. The molecule has 160 valence electrons. The van der Waals surface area contributed by atoms with Gasteiger partial charge >= 0.3 is 0 Å². The number of piperazine rings is 1. The van der Waals surface area contributed by atoms with Crippen LogP contribution in [0.5, 0.6) is 0 Å². The van der Waals surface area contributed by atoms with Gasteiger partial charge in [-0.2, -0.15) is 0 Å². The van der Waals surface area contributed by atoms with Crippen molar-refractivity contribution in [1.82, 2.24) is 24.9 Å². The summed E-state index contributed by atoms with van der Waals surface area (Å²) in [6.45, 7) is 8.43. The fourth-order valence-electron chi connectivity index (χ4n) is 5.85. The van der Waals surface area contributed by atoms with Gasteiger partial charge < -0.3 is 15.5 Å². The summed E-state index contributed by atoms with van der Waals surface area (Å²) < 4.78 is 1.74. The molecule has 1 aliphatic heterocycles. The second kappa shape index (κ2) is 7.38. The molecule has 4 fully saturated rings. The number of rotatable bonds is 4. The van der Waals surface area contributed by atoms with Gasteiger partial charge in [0.2, 0.25) is 0 Å². The lowest BCUT2D eigenvalue weighted by molar-refractivity contribution is -0.103. The van der Waals surface area contributed by atoms with Crippen molar-refractivity contribution in [3.05, 3.63) is 35.8 Å². The van der Waals surface area contributed by atoms with E-state index in [9.17, 15) is 9.59 Å². The largest absolute Gasteiger partial charge is 0.350 e. The van der Waals surface area contributed by atoms with Crippen LogP contribution in [0.25, 0.3) is 5.65 Å². The standard InChI is InChI=1S/C23H31N5O2/c1-23(2)16-7-6-15(17(23)12-16)13-25-21(29)19-4-3-5-20-26-18(14-28(19)20)22(30)27-10-8-24-9-11-27/h3-5,14-17,24H,6-13H2,1-2H3,(H,25,29)/t15-,16-,17+/m0/s1. The number of carbonyl (C=O) groups excluding carboxylic acids is 2. The molecule has 2 N–H and O–H groups in total. The Hall–Kier alpha value is -2.41. The van der Waals surface area contributed by atoms with Crippen LogP contribution in [0.15, 0.2) is 24.4 Å². The molecule has 0 radical (unpaired) electrons. The molecule has 1 saturated heterocycles. The number of fused-ring (bicyclic) bond motifs is 3. The molecule has 4 aliphatic rings. The van der Waals surface area contributed by atoms with Crippen molar-refractivity contribution in [2.24, 2.45) is 23.2 Å². The topological polar surface area (TPSA) is 78.7 Å². The minimum atomic E-state index is -0.0987. The van der Waals surface area contributed by atoms with Crippen LogP contribution in [-0.4, -0.2) is 58.8 Å². The molecule has 3 aliphatic carbocycles. The Bertz CT molecular complexity index is 973. The number of imidazole rings is 1. The number of amides is 2. The van der Waals surface area contributed by atoms with Gasteiger partial charge in [0.25, 0.3) is 11.8 Å². The van der Waals surface area contributed by atoms with Crippen LogP contribution in [-0.2, 0) is 0 Å². The zero-order chi connectivity index (χ0) is 20.9. The maximum Gasteiger partial charge on any atom is 0.274 e. The van der Waals surface area contributed by atoms with Crippen molar-refractivity contribution in [2.45, 2.75) is 33.1 Å². The van der Waals surface area contributed by atoms with Crippen LogP contribution >= 0.6 is 0 Å². The van der Waals surface area contributed by atoms with Crippen LogP contribution in [0.4, 0.5) is 0 Å². The molecule has 2 amide bonds. The number of nitrogens with zero attached hydrogens (tertiary/aromatic N) is 3. The SMILES string of the molecule is CC1(C)[C@H]2CC[C@@H](CNC(=O)c3cccc4nc(C(=O)N5CCNCC5)cn34)[C@H]1C2. The van der Waals surface area contributed by atoms with E-state index in [0.717, 1.165) is 25.6 Å². The van der Waals surface area contributed by atoms with Gasteiger partial charge in [-0.05, 0) is 54.6 Å². The lowest BCUT2D eigenvalue weighted by Gasteiger charge is -2.60. The molecule has 30 heavy (non-hydrogen) atoms. The Labute approximate surface area is 177 Å². The van der Waals surface area contributed by atoms with Gasteiger partial charge in [-0.3, -0.25) is 14.0 Å². The Kier molecular flexibility index (Phi) is 4.81. The molecular formula is C23H31N5O2. The Morgan fingerprint density at radius 3 is 2.77 bits per heavy atom. The van der Waals surface area contributed by atoms with Gasteiger partial charge in [-0.25, -0.2) is 4.98 Å². The first kappa shape index (κ1) is 19.5. The maximum absolute atomic E-state index is 13.0. The zero-order valence-corrected chi connectivity index (χ0v) is 17.9. The van der Waals surface area contributed by atoms with Crippen molar-refractivity contribution in [3.8, 4) is 0 Å². The van der Waals surface area contributed by atoms with Crippen LogP contribution in [0.1, 0.15) is 54.1 Å². The second-order valence-corrected chi connectivity index (χ2v) is 9.72. The summed E-state index contributed by atoms with van der Waals surface area (Å²) in [5, 5.41) is 6.42. The smallest absolute Gasteiger partial charge is 0.274 e. The predicted octanol–water partition coefficient (Wildman–Crippen LogP) is 2.18. The van der Waals surface area contributed by atoms with E-state index in [4.69, 9.17) is 0 Å². The minimum absolute atomic E-state index is 0.0736. The van der Waals surface area contributed by atoms with E-state index in [-0.39, 0.29) is 11.8 Å². The molecule has 2 aromatic heterocycles. The average molecular weight is 410 g/mol. The maximum atomic E-state index is 13.0. The number of hydrogen-bond acceptors (Lipinski definition) is 4. The molecule has 6 rings (SSSR count). The first-order valence-electron chi connectivity index (χ1n) is 11.2. The molecule has 0 spiro atoms. The van der Waals surface area contributed by atoms with Gasteiger partial charge in [0.15, 0.2) is 0 Å². The zero-order valence-electron chi connectivity index (χ0n) is 17.9. The Morgan fingerprint density at radius 1 is 1.23 bits per heavy atom. The highest BCUT2D eigenvalue weighted by Crippen LogP contribution is 2.61. The lowest BCUT2D eigenvalue weighted by atomic mass is 9.45. The van der Waals surface area contributed by atoms with E-state index in [2.05, 4.69) is 29.5 Å². The number of carbonyl (C=O) groups is 2. The van der Waals surface area contributed by atoms with E-state index in [1.165, 1.54) is 19.3 Å². The van der Waals surface area contributed by atoms with E-state index in [0.29, 0.717) is 47.4 Å². The van der Waals surface area contributed by atoms with Gasteiger partial charge in [0, 0.05) is 38.9 Å². The summed E-state index contributed by atoms with van der Waals surface area (Å²) in [4.78, 5) is 32.1. The fraction of sp³-hybridized carbons (Fsp3) is 0.609. The average Bonchev–Trinajstić information content (AvgIpc) is 3.22. The highest BCUT2D eigenvalue weighted by Gasteiger charge is 2.53. The molecule has 2 bridgehead atoms. The van der Waals surface area contributed by atoms with E-state index < -0.39 is 0 Å². The molecule has 0 aromatic carbocycles. The molecule has 3 saturated carbocycles. The quantitative estimate of drug-likeness (QED) is 0.811. The van der Waals surface area contributed by atoms with E-state index in [1.54, 1.807) is 16.7 Å². The van der Waals surface area contributed by atoms with Crippen molar-refractivity contribution >= 4 is 17.5 Å². The van der Waals surface area contributed by atoms with Crippen LogP contribution in [0, 0.1) is 23.2 Å². The molecular weight excluding hydrogens is 378 g/mol. The van der Waals surface area contributed by atoms with Crippen molar-refractivity contribution in [2.75, 3.05) is 32.7 Å². The van der Waals surface area contributed by atoms with Crippen LogP contribution < -0.4 is 10.6 Å². The summed E-state index contributed by atoms with van der Waals surface area (Å²) in [6, 6.07) is 5.47. The second-order valence-electron chi connectivity index (χ2n) is 9.72. The summed E-state index contributed by atoms with van der Waals surface area (Å²) in [5.74, 6) is 1.96. The summed E-state index contributed by atoms with van der Waals surface area (Å²) in [5.41, 5.74) is 1.96. The molecule has 7 heteroatoms. The molecule has 3 atom stereocenters. The molecule has 0 unspecified atom stereocenters. The normalized spacial score (nSPS) is 27.5. The monoisotopic (exact) mass is 409 g/mol. The summed E-state index contributed by atoms with van der Waals surface area (Å²) in [6.07, 6.45) is 5.49. The van der Waals surface area contributed by atoms with Crippen molar-refractivity contribution in [3.63, 3.8) is 0 Å². The number of hydrogen-bond donors (Lipinski definition) is 2. The van der Waals surface area contributed by atoms with Crippen LogP contribution in [0.2, 0.25) is 0 Å². The third-order valence-electron chi connectivity index (χ3n) is 7.87. The Balaban J connectivity index is 1.31. The highest BCUT2D eigenvalue weighted by molar-refractivity contribution is 5.95. The third kappa shape index (κ3) is 3.20. The fourth-order valence-corrected chi connectivity index (χ4v) is 5.85. The van der Waals surface area contributed by atoms with Crippen molar-refractivity contribution < 1.29 is 9.59 Å². The Morgan fingerprint density at radius 2 is 2.03 bits per heavy atom. The molecule has 3 heterocycles. The van der Waals surface area contributed by atoms with Crippen molar-refractivity contribution in [1.29, 1.82) is 0 Å². The van der Waals surface area contributed by atoms with E-state index >= 15 is 0 Å². The number of pyridine rings is 1. The number of nitrogens with one attached hydrogen (secondary N) is 2. The van der Waals surface area contributed by atoms with Gasteiger partial charge in [-0.1, -0.05) is 19.9 Å². The van der Waals surface area contributed by atoms with Gasteiger partial charge in [0.05, 0.1) is 0 Å². The molecule has 7 nitrogen and oxygen atoms in total. The summed E-state index contributed by atoms with van der Waals surface area (Å²) >= 11 is 0. The summed E-state index contributed by atoms with van der Waals surface area (Å²) in [7, 11) is 0. The highest BCUT2D eigenvalue weighted by atomic mass is 16.2. The van der Waals surface area contributed by atoms with Gasteiger partial charge in [-0.15, -0.1) is 0 Å². The molecule has 2 aromatic rings. The van der Waals surface area contributed by atoms with Gasteiger partial charge in [0.1, 0.15) is 17.0 Å². The van der Waals surface area contributed by atoms with E-state index in [1.807, 2.05) is 17.0 Å². The first-order chi connectivity index (χ1) is 14.4.